The Morgan fingerprint density at radius 2 is 1.03 bits per heavy atom. The summed E-state index contributed by atoms with van der Waals surface area (Å²) in [5.74, 6) is -1.96. The number of nitrogens with one attached hydrogen (secondary N) is 1. The highest BCUT2D eigenvalue weighted by Gasteiger charge is 2.54. The van der Waals surface area contributed by atoms with E-state index in [9.17, 15) is 14.4 Å². The molecule has 2 aliphatic heterocycles. The second-order valence-corrected chi connectivity index (χ2v) is 20.1. The minimum absolute atomic E-state index is 0.0470. The first kappa shape index (κ1) is 55.4. The molecule has 0 radical (unpaired) electrons. The fourth-order valence-electron chi connectivity index (χ4n) is 9.72. The third kappa shape index (κ3) is 21.4. The van der Waals surface area contributed by atoms with Crippen molar-refractivity contribution in [1.82, 2.24) is 5.32 Å². The van der Waals surface area contributed by atoms with Crippen molar-refractivity contribution in [2.24, 2.45) is 0 Å². The van der Waals surface area contributed by atoms with E-state index in [0.717, 1.165) is 115 Å². The summed E-state index contributed by atoms with van der Waals surface area (Å²) in [5.41, 5.74) is 4.99. The second kappa shape index (κ2) is 31.6. The van der Waals surface area contributed by atoms with Crippen LogP contribution in [0, 0.1) is 0 Å². The van der Waals surface area contributed by atoms with Gasteiger partial charge in [-0.15, -0.1) is 0 Å². The third-order valence-corrected chi connectivity index (χ3v) is 13.7. The van der Waals surface area contributed by atoms with Crippen LogP contribution >= 0.6 is 0 Å². The van der Waals surface area contributed by atoms with Gasteiger partial charge in [0.25, 0.3) is 0 Å². The summed E-state index contributed by atoms with van der Waals surface area (Å²) in [5, 5.41) is 3.17. The number of unbranched alkanes of at least 4 members (excludes halogenated alkanes) is 13. The van der Waals surface area contributed by atoms with Crippen LogP contribution in [-0.2, 0) is 68.7 Å². The standard InChI is InChI=1S/C61H83NO9/c1-61(2)67-47-53-58(71-61)59(70-56(65)44-30-10-6-4-8-18-32-49-36-22-14-23-37-49)57(60(69-53)66-46-51-40-26-16-27-41-51)62-54(63)45-52(42-28-12-11-19-33-50-38-24-15-25-39-50)68-55(64)43-29-9-5-3-7-17-31-48-34-20-13-21-35-48/h13-16,20-27,34-41,52-53,57-60H,3-12,17-19,28-33,42-47H2,1-2H3,(H,62,63)/t52?,53-,57-,58-,59-,60-/m1/s1. The van der Waals surface area contributed by atoms with Crippen molar-refractivity contribution < 1.29 is 42.8 Å². The van der Waals surface area contributed by atoms with Gasteiger partial charge in [0.15, 0.2) is 18.2 Å². The molecule has 1 N–H and O–H groups in total. The zero-order valence-corrected chi connectivity index (χ0v) is 42.9. The zero-order chi connectivity index (χ0) is 49.8. The molecule has 2 saturated heterocycles. The second-order valence-electron chi connectivity index (χ2n) is 20.1. The molecule has 0 aliphatic carbocycles. The first-order valence-corrected chi connectivity index (χ1v) is 27.1. The Kier molecular flexibility index (Phi) is 24.6. The van der Waals surface area contributed by atoms with Gasteiger partial charge in [-0.2, -0.15) is 0 Å². The summed E-state index contributed by atoms with van der Waals surface area (Å²) in [6, 6.07) is 40.5. The van der Waals surface area contributed by atoms with Crippen LogP contribution in [0.5, 0.6) is 0 Å². The van der Waals surface area contributed by atoms with Gasteiger partial charge in [0.1, 0.15) is 24.4 Å². The lowest BCUT2D eigenvalue weighted by Gasteiger charge is -2.50. The molecule has 10 heteroatoms. The molecule has 71 heavy (non-hydrogen) atoms. The summed E-state index contributed by atoms with van der Waals surface area (Å²) < 4.78 is 38.0. The number of hydrogen-bond donors (Lipinski definition) is 1. The number of fused-ring (bicyclic) bond motifs is 1. The quantitative estimate of drug-likeness (QED) is 0.0368. The van der Waals surface area contributed by atoms with Gasteiger partial charge in [0.2, 0.25) is 5.91 Å². The van der Waals surface area contributed by atoms with Crippen LogP contribution < -0.4 is 5.32 Å². The normalized spacial score (nSPS) is 19.8. The molecule has 4 aromatic rings. The van der Waals surface area contributed by atoms with E-state index in [0.29, 0.717) is 19.3 Å². The van der Waals surface area contributed by atoms with Crippen molar-refractivity contribution in [2.75, 3.05) is 6.61 Å². The van der Waals surface area contributed by atoms with E-state index >= 15 is 0 Å². The monoisotopic (exact) mass is 974 g/mol. The summed E-state index contributed by atoms with van der Waals surface area (Å²) in [4.78, 5) is 41.6. The van der Waals surface area contributed by atoms with Crippen molar-refractivity contribution in [3.63, 3.8) is 0 Å². The molecule has 0 spiro atoms. The van der Waals surface area contributed by atoms with Gasteiger partial charge in [-0.05, 0) is 100 Å². The Balaban J connectivity index is 1.06. The van der Waals surface area contributed by atoms with Crippen LogP contribution in [0.15, 0.2) is 121 Å². The van der Waals surface area contributed by atoms with E-state index in [4.69, 9.17) is 28.4 Å². The maximum Gasteiger partial charge on any atom is 0.306 e. The van der Waals surface area contributed by atoms with E-state index in [-0.39, 0.29) is 43.9 Å². The number of aryl methyl sites for hydroxylation is 3. The summed E-state index contributed by atoms with van der Waals surface area (Å²) in [6.07, 6.45) is 16.6. The minimum Gasteiger partial charge on any atom is -0.462 e. The molecule has 0 bridgehead atoms. The molecule has 2 aliphatic rings. The molecule has 2 fully saturated rings. The van der Waals surface area contributed by atoms with Crippen LogP contribution in [-0.4, -0.2) is 67.0 Å². The third-order valence-electron chi connectivity index (χ3n) is 13.7. The Bertz CT molecular complexity index is 2070. The first-order chi connectivity index (χ1) is 34.7. The molecule has 6 atom stereocenters. The molecular weight excluding hydrogens is 891 g/mol. The summed E-state index contributed by atoms with van der Waals surface area (Å²) >= 11 is 0. The van der Waals surface area contributed by atoms with Gasteiger partial charge in [-0.3, -0.25) is 14.4 Å². The van der Waals surface area contributed by atoms with Crippen molar-refractivity contribution in [3.8, 4) is 0 Å². The summed E-state index contributed by atoms with van der Waals surface area (Å²) in [7, 11) is 0. The number of carbonyl (C=O) groups is 3. The number of esters is 2. The van der Waals surface area contributed by atoms with Crippen molar-refractivity contribution in [2.45, 2.75) is 211 Å². The lowest BCUT2D eigenvalue weighted by Crippen LogP contribution is -2.69. The van der Waals surface area contributed by atoms with Gasteiger partial charge >= 0.3 is 11.9 Å². The van der Waals surface area contributed by atoms with Crippen LogP contribution in [0.3, 0.4) is 0 Å². The lowest BCUT2D eigenvalue weighted by atomic mass is 9.94. The number of rotatable bonds is 33. The van der Waals surface area contributed by atoms with Crippen LogP contribution in [0.4, 0.5) is 0 Å². The fourth-order valence-corrected chi connectivity index (χ4v) is 9.72. The molecule has 4 aromatic carbocycles. The average molecular weight is 974 g/mol. The number of hydrogen-bond acceptors (Lipinski definition) is 9. The Morgan fingerprint density at radius 3 is 1.55 bits per heavy atom. The smallest absolute Gasteiger partial charge is 0.306 e. The lowest BCUT2D eigenvalue weighted by molar-refractivity contribution is -0.370. The molecular formula is C61H83NO9. The molecule has 10 nitrogen and oxygen atoms in total. The first-order valence-electron chi connectivity index (χ1n) is 27.1. The summed E-state index contributed by atoms with van der Waals surface area (Å²) in [6.45, 7) is 4.04. The number of carbonyl (C=O) groups excluding carboxylic acids is 3. The number of amides is 1. The maximum absolute atomic E-state index is 14.4. The molecule has 6 rings (SSSR count). The van der Waals surface area contributed by atoms with Crippen molar-refractivity contribution in [3.05, 3.63) is 144 Å². The molecule has 0 saturated carbocycles. The number of ether oxygens (including phenoxy) is 6. The predicted molar refractivity (Wildman–Crippen MR) is 279 cm³/mol. The van der Waals surface area contributed by atoms with E-state index in [2.05, 4.69) is 84.2 Å². The van der Waals surface area contributed by atoms with Gasteiger partial charge in [0, 0.05) is 12.8 Å². The molecule has 386 valence electrons. The van der Waals surface area contributed by atoms with E-state index < -0.39 is 42.5 Å². The average Bonchev–Trinajstić information content (AvgIpc) is 3.37. The van der Waals surface area contributed by atoms with Crippen LogP contribution in [0.1, 0.15) is 165 Å². The van der Waals surface area contributed by atoms with E-state index in [1.54, 1.807) is 0 Å². The van der Waals surface area contributed by atoms with E-state index in [1.165, 1.54) is 23.1 Å². The van der Waals surface area contributed by atoms with Gasteiger partial charge in [0.05, 0.1) is 19.6 Å². The molecule has 2 heterocycles. The van der Waals surface area contributed by atoms with Crippen molar-refractivity contribution in [1.29, 1.82) is 0 Å². The minimum atomic E-state index is -0.994. The number of benzene rings is 4. The largest absolute Gasteiger partial charge is 0.462 e. The highest BCUT2D eigenvalue weighted by molar-refractivity contribution is 5.78. The van der Waals surface area contributed by atoms with Gasteiger partial charge < -0.3 is 33.7 Å². The van der Waals surface area contributed by atoms with Crippen LogP contribution in [0.2, 0.25) is 0 Å². The van der Waals surface area contributed by atoms with Crippen LogP contribution in [0.25, 0.3) is 0 Å². The van der Waals surface area contributed by atoms with Gasteiger partial charge in [-0.1, -0.05) is 186 Å². The fraction of sp³-hybridized carbons (Fsp3) is 0.557. The topological polar surface area (TPSA) is 119 Å². The highest BCUT2D eigenvalue weighted by atomic mass is 16.8. The van der Waals surface area contributed by atoms with Gasteiger partial charge in [-0.25, -0.2) is 0 Å². The van der Waals surface area contributed by atoms with E-state index in [1.807, 2.05) is 56.3 Å². The SMILES string of the molecule is CC1(C)OC[C@H]2O[C@@H](OCc3ccccc3)[C@H](NC(=O)CC(CCCCCCc3ccccc3)OC(=O)CCCCCCCCc3ccccc3)[C@@H](OC(=O)CCCCCCCCc3ccccc3)[C@@H]2O1. The Hall–Kier alpha value is -4.87. The highest BCUT2D eigenvalue weighted by Crippen LogP contribution is 2.35. The molecule has 1 unspecified atom stereocenters. The Labute approximate surface area is 425 Å². The maximum atomic E-state index is 14.4. The zero-order valence-electron chi connectivity index (χ0n) is 42.9. The Morgan fingerprint density at radius 1 is 0.577 bits per heavy atom. The molecule has 0 aromatic heterocycles. The predicted octanol–water partition coefficient (Wildman–Crippen LogP) is 12.9. The molecule has 1 amide bonds. The van der Waals surface area contributed by atoms with Crippen molar-refractivity contribution >= 4 is 17.8 Å².